The van der Waals surface area contributed by atoms with Gasteiger partial charge in [-0.25, -0.2) is 0 Å². The molecule has 0 aromatic rings. The lowest BCUT2D eigenvalue weighted by molar-refractivity contribution is -0.245. The number of esters is 3. The first kappa shape index (κ1) is 23.0. The van der Waals surface area contributed by atoms with Crippen LogP contribution in [-0.4, -0.2) is 43.0 Å². The monoisotopic (exact) mass is 446 g/mol. The maximum absolute atomic E-state index is 13.7. The summed E-state index contributed by atoms with van der Waals surface area (Å²) in [6.45, 7) is 10.8. The largest absolute Gasteiger partial charge is 0.469 e. The summed E-state index contributed by atoms with van der Waals surface area (Å²) >= 11 is 0. The average molecular weight is 447 g/mol. The predicted octanol–water partition coefficient (Wildman–Crippen LogP) is 3.39. The molecule has 7 heteroatoms. The molecule has 176 valence electrons. The van der Waals surface area contributed by atoms with Crippen molar-refractivity contribution >= 4 is 23.7 Å². The van der Waals surface area contributed by atoms with Gasteiger partial charge in [0.05, 0.1) is 17.9 Å². The zero-order chi connectivity index (χ0) is 23.6. The molecule has 7 nitrogen and oxygen atoms in total. The molecule has 0 saturated heterocycles. The number of carbonyl (C=O) groups excluding carboxylic acids is 4. The summed E-state index contributed by atoms with van der Waals surface area (Å²) in [4.78, 5) is 51.0. The fourth-order valence-corrected chi connectivity index (χ4v) is 8.13. The van der Waals surface area contributed by atoms with Crippen LogP contribution in [0.3, 0.4) is 0 Å². The van der Waals surface area contributed by atoms with Crippen molar-refractivity contribution in [2.75, 3.05) is 7.11 Å². The molecule has 4 saturated carbocycles. The molecule has 2 bridgehead atoms. The van der Waals surface area contributed by atoms with Crippen molar-refractivity contribution in [1.82, 2.24) is 0 Å². The van der Waals surface area contributed by atoms with E-state index in [0.29, 0.717) is 31.3 Å². The molecule has 0 heterocycles. The van der Waals surface area contributed by atoms with Gasteiger partial charge in [0.25, 0.3) is 0 Å². The van der Waals surface area contributed by atoms with E-state index in [1.165, 1.54) is 21.0 Å². The van der Waals surface area contributed by atoms with E-state index >= 15 is 0 Å². The van der Waals surface area contributed by atoms with Crippen molar-refractivity contribution in [1.29, 1.82) is 0 Å². The number of hydrogen-bond acceptors (Lipinski definition) is 7. The highest BCUT2D eigenvalue weighted by Crippen LogP contribution is 2.72. The van der Waals surface area contributed by atoms with Crippen molar-refractivity contribution in [2.45, 2.75) is 78.4 Å². The summed E-state index contributed by atoms with van der Waals surface area (Å²) in [7, 11) is 1.38. The molecule has 0 N–H and O–H groups in total. The van der Waals surface area contributed by atoms with Gasteiger partial charge in [0, 0.05) is 19.3 Å². The summed E-state index contributed by atoms with van der Waals surface area (Å²) in [6.07, 6.45) is 2.43. The molecular weight excluding hydrogens is 412 g/mol. The molecular formula is C25H34O7. The molecule has 0 amide bonds. The molecule has 4 rings (SSSR count). The lowest BCUT2D eigenvalue weighted by Gasteiger charge is -2.65. The van der Waals surface area contributed by atoms with Gasteiger partial charge in [0.1, 0.15) is 12.2 Å². The number of Topliss-reactive ketones (excluding diaryl/α,β-unsaturated/α-hetero) is 1. The number of rotatable bonds is 3. The van der Waals surface area contributed by atoms with Gasteiger partial charge in [-0.3, -0.25) is 19.2 Å². The van der Waals surface area contributed by atoms with E-state index < -0.39 is 34.4 Å². The van der Waals surface area contributed by atoms with Gasteiger partial charge >= 0.3 is 17.9 Å². The Bertz CT molecular complexity index is 893. The van der Waals surface area contributed by atoms with E-state index in [9.17, 15) is 19.2 Å². The molecule has 0 radical (unpaired) electrons. The van der Waals surface area contributed by atoms with Crippen LogP contribution in [-0.2, 0) is 33.4 Å². The van der Waals surface area contributed by atoms with E-state index in [1.54, 1.807) is 0 Å². The Morgan fingerprint density at radius 3 is 2.19 bits per heavy atom. The van der Waals surface area contributed by atoms with Crippen LogP contribution in [0.1, 0.15) is 66.2 Å². The number of allylic oxidation sites excluding steroid dienone is 1. The lowest BCUT2D eigenvalue weighted by atomic mass is 9.39. The van der Waals surface area contributed by atoms with Crippen molar-refractivity contribution < 1.29 is 33.4 Å². The minimum absolute atomic E-state index is 0.0251. The normalized spacial score (nSPS) is 44.8. The molecule has 1 spiro atoms. The molecule has 8 atom stereocenters. The second-order valence-corrected chi connectivity index (χ2v) is 10.7. The molecule has 4 aliphatic rings. The van der Waals surface area contributed by atoms with Crippen LogP contribution in [0.2, 0.25) is 0 Å². The third kappa shape index (κ3) is 2.85. The maximum Gasteiger partial charge on any atom is 0.311 e. The van der Waals surface area contributed by atoms with Crippen LogP contribution in [0.5, 0.6) is 0 Å². The molecule has 0 aromatic heterocycles. The van der Waals surface area contributed by atoms with E-state index in [1.807, 2.05) is 6.92 Å². The van der Waals surface area contributed by atoms with E-state index in [-0.39, 0.29) is 35.5 Å². The van der Waals surface area contributed by atoms with Crippen molar-refractivity contribution in [2.24, 2.45) is 34.0 Å². The van der Waals surface area contributed by atoms with Crippen LogP contribution in [0.15, 0.2) is 12.2 Å². The summed E-state index contributed by atoms with van der Waals surface area (Å²) in [5, 5.41) is 0. The first-order valence-electron chi connectivity index (χ1n) is 11.6. The maximum atomic E-state index is 13.7. The Kier molecular flexibility index (Phi) is 5.33. The third-order valence-corrected chi connectivity index (χ3v) is 9.40. The lowest BCUT2D eigenvalue weighted by Crippen LogP contribution is -2.69. The first-order valence-corrected chi connectivity index (χ1v) is 11.6. The van der Waals surface area contributed by atoms with Crippen LogP contribution in [0.4, 0.5) is 0 Å². The van der Waals surface area contributed by atoms with Crippen LogP contribution in [0.25, 0.3) is 0 Å². The molecule has 32 heavy (non-hydrogen) atoms. The topological polar surface area (TPSA) is 96.0 Å². The fourth-order valence-electron chi connectivity index (χ4n) is 8.13. The molecule has 4 fully saturated rings. The quantitative estimate of drug-likeness (QED) is 0.372. The highest BCUT2D eigenvalue weighted by Gasteiger charge is 2.74. The number of hydrogen-bond donors (Lipinski definition) is 0. The van der Waals surface area contributed by atoms with Gasteiger partial charge in [-0.2, -0.15) is 0 Å². The number of ether oxygens (including phenoxy) is 3. The third-order valence-electron chi connectivity index (χ3n) is 9.40. The van der Waals surface area contributed by atoms with E-state index in [2.05, 4.69) is 13.5 Å². The van der Waals surface area contributed by atoms with E-state index in [4.69, 9.17) is 14.2 Å². The van der Waals surface area contributed by atoms with Crippen molar-refractivity contribution in [3.05, 3.63) is 12.2 Å². The minimum Gasteiger partial charge on any atom is -0.469 e. The van der Waals surface area contributed by atoms with Gasteiger partial charge in [-0.05, 0) is 68.8 Å². The van der Waals surface area contributed by atoms with Gasteiger partial charge in [0.15, 0.2) is 5.78 Å². The standard InChI is InChI=1S/C25H34O7/c1-13-16-7-8-17-24(5)18(11-20(32-15(3)27)25(17,12-16)21(13)28)23(4,22(29)30-6)10-9-19(24)31-14(2)26/h16-20H,1,7-12H2,2-6H3/t16-,17+,18-,19+,20+,23-,24+,25-/m1/s1. The highest BCUT2D eigenvalue weighted by molar-refractivity contribution is 6.03. The van der Waals surface area contributed by atoms with Crippen LogP contribution < -0.4 is 0 Å². The Morgan fingerprint density at radius 1 is 0.969 bits per heavy atom. The minimum atomic E-state index is -0.885. The number of methoxy groups -OCH3 is 1. The smallest absolute Gasteiger partial charge is 0.311 e. The Hall–Kier alpha value is -2.18. The Balaban J connectivity index is 1.91. The van der Waals surface area contributed by atoms with Gasteiger partial charge < -0.3 is 14.2 Å². The number of ketones is 1. The zero-order valence-corrected chi connectivity index (χ0v) is 19.7. The van der Waals surface area contributed by atoms with Crippen molar-refractivity contribution in [3.63, 3.8) is 0 Å². The molecule has 0 unspecified atom stereocenters. The van der Waals surface area contributed by atoms with E-state index in [0.717, 1.165) is 12.8 Å². The zero-order valence-electron chi connectivity index (χ0n) is 19.7. The van der Waals surface area contributed by atoms with Crippen molar-refractivity contribution in [3.8, 4) is 0 Å². The Morgan fingerprint density at radius 2 is 1.59 bits per heavy atom. The van der Waals surface area contributed by atoms with Crippen LogP contribution in [0, 0.1) is 34.0 Å². The molecule has 4 aliphatic carbocycles. The summed E-state index contributed by atoms with van der Waals surface area (Å²) in [5.74, 6) is -1.55. The second kappa shape index (κ2) is 7.42. The van der Waals surface area contributed by atoms with Gasteiger partial charge in [0.2, 0.25) is 0 Å². The SMILES string of the molecule is C=C1C(=O)[C@]23C[C@H]1CC[C@H]2[C@]1(C)[C@@H](OC(C)=O)CC[C@@](C)(C(=O)OC)[C@H]1C[C@@H]3OC(C)=O. The summed E-state index contributed by atoms with van der Waals surface area (Å²) in [6, 6.07) is 0. The summed E-state index contributed by atoms with van der Waals surface area (Å²) < 4.78 is 16.9. The average Bonchev–Trinajstić information content (AvgIpc) is 2.91. The second-order valence-electron chi connectivity index (χ2n) is 10.7. The van der Waals surface area contributed by atoms with Crippen LogP contribution >= 0.6 is 0 Å². The van der Waals surface area contributed by atoms with Gasteiger partial charge in [-0.1, -0.05) is 13.5 Å². The highest BCUT2D eigenvalue weighted by atomic mass is 16.6. The Labute approximate surface area is 189 Å². The molecule has 0 aromatic carbocycles. The fraction of sp³-hybridized carbons (Fsp3) is 0.760. The predicted molar refractivity (Wildman–Crippen MR) is 114 cm³/mol. The molecule has 0 aliphatic heterocycles. The first-order chi connectivity index (χ1) is 14.9. The number of carbonyl (C=O) groups is 4. The van der Waals surface area contributed by atoms with Gasteiger partial charge in [-0.15, -0.1) is 0 Å². The number of fused-ring (bicyclic) bond motifs is 3. The summed E-state index contributed by atoms with van der Waals surface area (Å²) in [5.41, 5.74) is -1.75.